The zero-order valence-corrected chi connectivity index (χ0v) is 14.1. The van der Waals surface area contributed by atoms with Crippen LogP contribution in [0.3, 0.4) is 0 Å². The van der Waals surface area contributed by atoms with Crippen LogP contribution in [0, 0.1) is 13.8 Å². The van der Waals surface area contributed by atoms with Gasteiger partial charge < -0.3 is 15.4 Å². The van der Waals surface area contributed by atoms with Gasteiger partial charge in [-0.05, 0) is 67.4 Å². The van der Waals surface area contributed by atoms with Crippen LogP contribution in [0.2, 0.25) is 0 Å². The highest BCUT2D eigenvalue weighted by Crippen LogP contribution is 2.17. The van der Waals surface area contributed by atoms with E-state index in [0.29, 0.717) is 5.11 Å². The Hall–Kier alpha value is -2.07. The number of rotatable bonds is 5. The zero-order chi connectivity index (χ0) is 15.9. The summed E-state index contributed by atoms with van der Waals surface area (Å²) >= 11 is 5.35. The SMILES string of the molecule is COc1ccccc1CCNC(=S)Nc1cc(C)cc(C)c1. The fraction of sp³-hybridized carbons (Fsp3) is 0.278. The van der Waals surface area contributed by atoms with Gasteiger partial charge in [0.15, 0.2) is 5.11 Å². The van der Waals surface area contributed by atoms with E-state index in [1.54, 1.807) is 7.11 Å². The summed E-state index contributed by atoms with van der Waals surface area (Å²) in [6.45, 7) is 4.92. The predicted molar refractivity (Wildman–Crippen MR) is 96.8 cm³/mol. The van der Waals surface area contributed by atoms with Gasteiger partial charge in [-0.2, -0.15) is 0 Å². The van der Waals surface area contributed by atoms with Crippen LogP contribution in [-0.2, 0) is 6.42 Å². The first-order valence-corrected chi connectivity index (χ1v) is 7.74. The normalized spacial score (nSPS) is 10.1. The van der Waals surface area contributed by atoms with E-state index in [1.165, 1.54) is 16.7 Å². The lowest BCUT2D eigenvalue weighted by molar-refractivity contribution is 0.409. The molecule has 0 saturated heterocycles. The lowest BCUT2D eigenvalue weighted by Gasteiger charge is -2.13. The molecule has 3 nitrogen and oxygen atoms in total. The second kappa shape index (κ2) is 7.80. The summed E-state index contributed by atoms with van der Waals surface area (Å²) in [5.74, 6) is 0.914. The van der Waals surface area contributed by atoms with Gasteiger partial charge in [0, 0.05) is 12.2 Å². The van der Waals surface area contributed by atoms with E-state index in [1.807, 2.05) is 18.2 Å². The van der Waals surface area contributed by atoms with Gasteiger partial charge in [-0.3, -0.25) is 0 Å². The van der Waals surface area contributed by atoms with Gasteiger partial charge in [-0.25, -0.2) is 0 Å². The Bertz CT molecular complexity index is 635. The molecule has 0 atom stereocenters. The Kier molecular flexibility index (Phi) is 5.78. The van der Waals surface area contributed by atoms with Crippen molar-refractivity contribution in [2.45, 2.75) is 20.3 Å². The Morgan fingerprint density at radius 1 is 1.09 bits per heavy atom. The van der Waals surface area contributed by atoms with E-state index in [0.717, 1.165) is 24.4 Å². The van der Waals surface area contributed by atoms with E-state index in [2.05, 4.69) is 48.7 Å². The van der Waals surface area contributed by atoms with Crippen LogP contribution in [0.25, 0.3) is 0 Å². The summed E-state index contributed by atoms with van der Waals surface area (Å²) in [5, 5.41) is 7.10. The van der Waals surface area contributed by atoms with Gasteiger partial charge in [-0.1, -0.05) is 24.3 Å². The van der Waals surface area contributed by atoms with Crippen molar-refractivity contribution in [2.24, 2.45) is 0 Å². The topological polar surface area (TPSA) is 33.3 Å². The summed E-state index contributed by atoms with van der Waals surface area (Å²) in [6, 6.07) is 14.3. The molecule has 2 rings (SSSR count). The van der Waals surface area contributed by atoms with Crippen molar-refractivity contribution in [1.29, 1.82) is 0 Å². The van der Waals surface area contributed by atoms with Crippen LogP contribution in [-0.4, -0.2) is 18.8 Å². The monoisotopic (exact) mass is 314 g/mol. The van der Waals surface area contributed by atoms with Gasteiger partial charge in [0.25, 0.3) is 0 Å². The number of para-hydroxylation sites is 1. The highest BCUT2D eigenvalue weighted by molar-refractivity contribution is 7.80. The molecule has 2 aromatic carbocycles. The van der Waals surface area contributed by atoms with Crippen molar-refractivity contribution in [3.63, 3.8) is 0 Å². The minimum Gasteiger partial charge on any atom is -0.496 e. The molecule has 0 radical (unpaired) electrons. The van der Waals surface area contributed by atoms with E-state index >= 15 is 0 Å². The fourth-order valence-corrected chi connectivity index (χ4v) is 2.66. The molecule has 0 heterocycles. The predicted octanol–water partition coefficient (Wildman–Crippen LogP) is 3.84. The van der Waals surface area contributed by atoms with Crippen LogP contribution in [0.4, 0.5) is 5.69 Å². The number of anilines is 1. The Labute approximate surface area is 137 Å². The first-order chi connectivity index (χ1) is 10.6. The molecule has 0 saturated carbocycles. The summed E-state index contributed by atoms with van der Waals surface area (Å²) in [5.41, 5.74) is 4.64. The summed E-state index contributed by atoms with van der Waals surface area (Å²) in [7, 11) is 1.69. The number of hydrogen-bond donors (Lipinski definition) is 2. The molecule has 0 aliphatic carbocycles. The molecule has 0 amide bonds. The first-order valence-electron chi connectivity index (χ1n) is 7.33. The van der Waals surface area contributed by atoms with Crippen molar-refractivity contribution >= 4 is 23.0 Å². The summed E-state index contributed by atoms with van der Waals surface area (Å²) in [4.78, 5) is 0. The lowest BCUT2D eigenvalue weighted by Crippen LogP contribution is -2.30. The molecule has 0 fully saturated rings. The minimum absolute atomic E-state index is 0.639. The highest BCUT2D eigenvalue weighted by atomic mass is 32.1. The minimum atomic E-state index is 0.639. The number of ether oxygens (including phenoxy) is 1. The van der Waals surface area contributed by atoms with E-state index < -0.39 is 0 Å². The first kappa shape index (κ1) is 16.3. The van der Waals surface area contributed by atoms with Crippen molar-refractivity contribution in [2.75, 3.05) is 19.0 Å². The standard InChI is InChI=1S/C18H22N2OS/c1-13-10-14(2)12-16(11-13)20-18(22)19-9-8-15-6-4-5-7-17(15)21-3/h4-7,10-12H,8-9H2,1-3H3,(H2,19,20,22). The Balaban J connectivity index is 1.85. The van der Waals surface area contributed by atoms with Crippen molar-refractivity contribution in [1.82, 2.24) is 5.32 Å². The number of thiocarbonyl (C=S) groups is 1. The van der Waals surface area contributed by atoms with Gasteiger partial charge >= 0.3 is 0 Å². The third-order valence-electron chi connectivity index (χ3n) is 3.35. The van der Waals surface area contributed by atoms with Crippen LogP contribution < -0.4 is 15.4 Å². The average molecular weight is 314 g/mol. The lowest BCUT2D eigenvalue weighted by atomic mass is 10.1. The van der Waals surface area contributed by atoms with Crippen LogP contribution in [0.15, 0.2) is 42.5 Å². The van der Waals surface area contributed by atoms with Crippen LogP contribution >= 0.6 is 12.2 Å². The number of nitrogens with one attached hydrogen (secondary N) is 2. The Morgan fingerprint density at radius 2 is 1.77 bits per heavy atom. The number of aryl methyl sites for hydroxylation is 2. The van der Waals surface area contributed by atoms with Crippen molar-refractivity contribution in [3.8, 4) is 5.75 Å². The Morgan fingerprint density at radius 3 is 2.45 bits per heavy atom. The molecule has 116 valence electrons. The fourth-order valence-electron chi connectivity index (χ4n) is 2.44. The molecule has 0 aliphatic heterocycles. The molecule has 0 spiro atoms. The molecular weight excluding hydrogens is 292 g/mol. The van der Waals surface area contributed by atoms with E-state index in [4.69, 9.17) is 17.0 Å². The van der Waals surface area contributed by atoms with Crippen LogP contribution in [0.5, 0.6) is 5.75 Å². The largest absolute Gasteiger partial charge is 0.496 e. The maximum Gasteiger partial charge on any atom is 0.170 e. The third kappa shape index (κ3) is 4.74. The van der Waals surface area contributed by atoms with Gasteiger partial charge in [-0.15, -0.1) is 0 Å². The maximum absolute atomic E-state index is 5.35. The smallest absolute Gasteiger partial charge is 0.170 e. The van der Waals surface area contributed by atoms with Crippen LogP contribution in [0.1, 0.15) is 16.7 Å². The molecule has 0 bridgehead atoms. The zero-order valence-electron chi connectivity index (χ0n) is 13.3. The quantitative estimate of drug-likeness (QED) is 0.822. The molecule has 2 aromatic rings. The molecule has 2 N–H and O–H groups in total. The third-order valence-corrected chi connectivity index (χ3v) is 3.60. The van der Waals surface area contributed by atoms with Crippen molar-refractivity contribution < 1.29 is 4.74 Å². The number of benzene rings is 2. The van der Waals surface area contributed by atoms with Crippen molar-refractivity contribution in [3.05, 3.63) is 59.2 Å². The van der Waals surface area contributed by atoms with Gasteiger partial charge in [0.2, 0.25) is 0 Å². The van der Waals surface area contributed by atoms with E-state index in [9.17, 15) is 0 Å². The van der Waals surface area contributed by atoms with Gasteiger partial charge in [0.05, 0.1) is 7.11 Å². The number of methoxy groups -OCH3 is 1. The highest BCUT2D eigenvalue weighted by Gasteiger charge is 2.03. The number of hydrogen-bond acceptors (Lipinski definition) is 2. The van der Waals surface area contributed by atoms with E-state index in [-0.39, 0.29) is 0 Å². The van der Waals surface area contributed by atoms with Gasteiger partial charge in [0.1, 0.15) is 5.75 Å². The maximum atomic E-state index is 5.35. The summed E-state index contributed by atoms with van der Waals surface area (Å²) in [6.07, 6.45) is 0.860. The second-order valence-corrected chi connectivity index (χ2v) is 5.73. The molecule has 0 aliphatic rings. The molecule has 0 aromatic heterocycles. The molecule has 4 heteroatoms. The molecule has 22 heavy (non-hydrogen) atoms. The second-order valence-electron chi connectivity index (χ2n) is 5.32. The summed E-state index contributed by atoms with van der Waals surface area (Å²) < 4.78 is 5.35. The average Bonchev–Trinajstić information content (AvgIpc) is 2.46. The molecular formula is C18H22N2OS. The molecule has 0 unspecified atom stereocenters.